The van der Waals surface area contributed by atoms with Crippen LogP contribution in [0.2, 0.25) is 0 Å². The van der Waals surface area contributed by atoms with E-state index < -0.39 is 11.6 Å². The molecule has 0 fully saturated rings. The van der Waals surface area contributed by atoms with Crippen molar-refractivity contribution in [3.8, 4) is 0 Å². The predicted octanol–water partition coefficient (Wildman–Crippen LogP) is 1.15. The van der Waals surface area contributed by atoms with Gasteiger partial charge in [-0.3, -0.25) is 4.79 Å². The predicted molar refractivity (Wildman–Crippen MR) is 109 cm³/mol. The van der Waals surface area contributed by atoms with Gasteiger partial charge in [0.05, 0.1) is 0 Å². The Morgan fingerprint density at radius 3 is 2.59 bits per heavy atom. The Morgan fingerprint density at radius 1 is 1.19 bits per heavy atom. The molecule has 0 spiro atoms. The van der Waals surface area contributed by atoms with E-state index in [2.05, 4.69) is 15.3 Å². The molecule has 0 saturated carbocycles. The third-order valence-corrected chi connectivity index (χ3v) is 3.90. The van der Waals surface area contributed by atoms with E-state index in [9.17, 15) is 10.2 Å². The summed E-state index contributed by atoms with van der Waals surface area (Å²) in [6.45, 7) is 1.38. The van der Waals surface area contributed by atoms with Gasteiger partial charge in [0.2, 0.25) is 11.9 Å². The van der Waals surface area contributed by atoms with Crippen molar-refractivity contribution in [2.45, 2.75) is 6.42 Å². The Kier molecular flexibility index (Phi) is 6.67. The van der Waals surface area contributed by atoms with Crippen LogP contribution in [0.1, 0.15) is 12.0 Å². The van der Waals surface area contributed by atoms with Crippen molar-refractivity contribution < 1.29 is 4.79 Å². The molecule has 9 nitrogen and oxygen atoms in total. The Morgan fingerprint density at radius 2 is 1.93 bits per heavy atom. The summed E-state index contributed by atoms with van der Waals surface area (Å²) in [6, 6.07) is 6.57. The number of benzene rings is 1. The van der Waals surface area contributed by atoms with Gasteiger partial charge < -0.3 is 32.0 Å². The highest BCUT2D eigenvalue weighted by Crippen LogP contribution is 2.22. The Labute approximate surface area is 158 Å². The number of amides is 1. The first-order valence-corrected chi connectivity index (χ1v) is 8.49. The number of carbonyl (C=O) groups is 1. The lowest BCUT2D eigenvalue weighted by Crippen LogP contribution is -2.35. The minimum absolute atomic E-state index is 0.139. The van der Waals surface area contributed by atoms with E-state index in [0.29, 0.717) is 23.7 Å². The molecule has 1 aromatic carbocycles. The number of carbonyl (C=O) groups excluding carboxylic acids is 1. The SMILES string of the molecule is CN(C)CCCN(C)C(=O)C(=[N-])c1cc(Nc2ccnc(N)n2)ccc1N. The average molecular weight is 369 g/mol. The molecule has 2 rings (SSSR count). The van der Waals surface area contributed by atoms with Crippen LogP contribution in [0.5, 0.6) is 0 Å². The van der Waals surface area contributed by atoms with Gasteiger partial charge in [-0.1, -0.05) is 5.71 Å². The molecule has 0 aliphatic carbocycles. The topological polar surface area (TPSA) is 136 Å². The van der Waals surface area contributed by atoms with E-state index in [0.717, 1.165) is 13.0 Å². The molecule has 0 radical (unpaired) electrons. The zero-order valence-electron chi connectivity index (χ0n) is 15.8. The fourth-order valence-electron chi connectivity index (χ4n) is 2.45. The van der Waals surface area contributed by atoms with Crippen molar-refractivity contribution in [2.24, 2.45) is 0 Å². The number of rotatable bonds is 8. The number of nitrogens with zero attached hydrogens (tertiary/aromatic N) is 5. The van der Waals surface area contributed by atoms with E-state index in [4.69, 9.17) is 11.5 Å². The van der Waals surface area contributed by atoms with E-state index in [1.807, 2.05) is 19.0 Å². The third kappa shape index (κ3) is 5.65. The van der Waals surface area contributed by atoms with Gasteiger partial charge in [-0.05, 0) is 56.9 Å². The summed E-state index contributed by atoms with van der Waals surface area (Å²) in [7, 11) is 5.59. The van der Waals surface area contributed by atoms with Crippen molar-refractivity contribution in [3.05, 3.63) is 41.4 Å². The lowest BCUT2D eigenvalue weighted by atomic mass is 10.1. The van der Waals surface area contributed by atoms with E-state index in [1.165, 1.54) is 11.1 Å². The lowest BCUT2D eigenvalue weighted by Gasteiger charge is -2.24. The van der Waals surface area contributed by atoms with Crippen molar-refractivity contribution in [1.82, 2.24) is 19.8 Å². The van der Waals surface area contributed by atoms with Crippen LogP contribution in [-0.4, -0.2) is 65.6 Å². The highest BCUT2D eigenvalue weighted by Gasteiger charge is 2.13. The molecule has 1 aromatic heterocycles. The van der Waals surface area contributed by atoms with Crippen molar-refractivity contribution in [1.29, 1.82) is 0 Å². The van der Waals surface area contributed by atoms with Gasteiger partial charge in [0.25, 0.3) is 0 Å². The molecular weight excluding hydrogens is 344 g/mol. The van der Waals surface area contributed by atoms with E-state index in [-0.39, 0.29) is 11.5 Å². The summed E-state index contributed by atoms with van der Waals surface area (Å²) < 4.78 is 0. The van der Waals surface area contributed by atoms with E-state index >= 15 is 0 Å². The number of aromatic nitrogens is 2. The van der Waals surface area contributed by atoms with Crippen LogP contribution in [0.15, 0.2) is 30.5 Å². The van der Waals surface area contributed by atoms with Gasteiger partial charge in [-0.15, -0.1) is 0 Å². The summed E-state index contributed by atoms with van der Waals surface area (Å²) in [6.07, 6.45) is 2.33. The maximum absolute atomic E-state index is 12.5. The van der Waals surface area contributed by atoms with Crippen LogP contribution in [-0.2, 0) is 4.79 Å². The van der Waals surface area contributed by atoms with Gasteiger partial charge in [0.15, 0.2) is 0 Å². The summed E-state index contributed by atoms with van der Waals surface area (Å²) >= 11 is 0. The van der Waals surface area contributed by atoms with Crippen LogP contribution in [0.4, 0.5) is 23.1 Å². The number of hydrogen-bond donors (Lipinski definition) is 3. The highest BCUT2D eigenvalue weighted by atomic mass is 16.2. The number of nitrogens with one attached hydrogen (secondary N) is 1. The summed E-state index contributed by atoms with van der Waals surface area (Å²) in [5.74, 6) is 0.147. The molecule has 2 aromatic rings. The van der Waals surface area contributed by atoms with Gasteiger partial charge in [0, 0.05) is 31.2 Å². The summed E-state index contributed by atoms with van der Waals surface area (Å²) in [5.41, 5.74) is 12.3. The average Bonchev–Trinajstić information content (AvgIpc) is 2.61. The first-order chi connectivity index (χ1) is 12.8. The molecule has 0 aliphatic heterocycles. The molecule has 0 aliphatic rings. The zero-order valence-corrected chi connectivity index (χ0v) is 15.8. The first kappa shape index (κ1) is 20.1. The highest BCUT2D eigenvalue weighted by molar-refractivity contribution is 6.47. The lowest BCUT2D eigenvalue weighted by molar-refractivity contribution is -0.122. The van der Waals surface area contributed by atoms with Gasteiger partial charge in [-0.2, -0.15) is 4.98 Å². The van der Waals surface area contributed by atoms with Gasteiger partial charge in [-0.25, -0.2) is 4.98 Å². The second-order valence-corrected chi connectivity index (χ2v) is 6.46. The largest absolute Gasteiger partial charge is 0.799 e. The second kappa shape index (κ2) is 8.95. The number of anilines is 4. The van der Waals surface area contributed by atoms with E-state index in [1.54, 1.807) is 31.3 Å². The Balaban J connectivity index is 2.12. The standard InChI is InChI=1S/C18H25N8O/c1-25(2)9-4-10-26(3)17(27)16(20)13-11-12(5-6-14(13)19)23-15-7-8-22-18(21)24-15/h5-8,11H,4,9-10,19H2,1-3H3,(H3,21,22,23,24)/q-1. The monoisotopic (exact) mass is 369 g/mol. The van der Waals surface area contributed by atoms with Crippen LogP contribution >= 0.6 is 0 Å². The number of nitrogen functional groups attached to an aromatic ring is 2. The molecule has 0 bridgehead atoms. The minimum atomic E-state index is -0.483. The summed E-state index contributed by atoms with van der Waals surface area (Å²) in [5, 5.41) is 13.5. The molecule has 0 saturated heterocycles. The number of hydrogen-bond acceptors (Lipinski definition) is 7. The quantitative estimate of drug-likeness (QED) is 0.469. The van der Waals surface area contributed by atoms with Crippen LogP contribution in [0.25, 0.3) is 5.41 Å². The van der Waals surface area contributed by atoms with Crippen molar-refractivity contribution in [3.63, 3.8) is 0 Å². The van der Waals surface area contributed by atoms with Crippen LogP contribution in [0.3, 0.4) is 0 Å². The fraction of sp³-hybridized carbons (Fsp3) is 0.333. The molecule has 0 atom stereocenters. The molecule has 1 heterocycles. The summed E-state index contributed by atoms with van der Waals surface area (Å²) in [4.78, 5) is 23.9. The second-order valence-electron chi connectivity index (χ2n) is 6.46. The maximum atomic E-state index is 12.5. The fourth-order valence-corrected chi connectivity index (χ4v) is 2.45. The molecule has 1 amide bonds. The van der Waals surface area contributed by atoms with Crippen LogP contribution < -0.4 is 16.8 Å². The van der Waals surface area contributed by atoms with Crippen LogP contribution in [0, 0.1) is 0 Å². The Hall–Kier alpha value is -3.20. The number of likely N-dealkylation sites (N-methyl/N-ethyl adjacent to an activating group) is 1. The van der Waals surface area contributed by atoms with Crippen molar-refractivity contribution in [2.75, 3.05) is 51.0 Å². The normalized spacial score (nSPS) is 10.7. The molecule has 144 valence electrons. The third-order valence-electron chi connectivity index (χ3n) is 3.90. The molecule has 27 heavy (non-hydrogen) atoms. The molecule has 9 heteroatoms. The number of nitrogens with two attached hydrogens (primary N) is 2. The zero-order chi connectivity index (χ0) is 20.0. The first-order valence-electron chi connectivity index (χ1n) is 8.49. The molecule has 5 N–H and O–H groups in total. The maximum Gasteiger partial charge on any atom is 0.230 e. The minimum Gasteiger partial charge on any atom is -0.799 e. The molecular formula is C18H25N8O-. The molecule has 0 unspecified atom stereocenters. The smallest absolute Gasteiger partial charge is 0.230 e. The van der Waals surface area contributed by atoms with Crippen molar-refractivity contribution >= 4 is 34.8 Å². The van der Waals surface area contributed by atoms with Gasteiger partial charge >= 0.3 is 0 Å². The van der Waals surface area contributed by atoms with Gasteiger partial charge in [0.1, 0.15) is 5.82 Å². The Bertz CT molecular complexity index is 821.